The minimum atomic E-state index is -0.322. The summed E-state index contributed by atoms with van der Waals surface area (Å²) in [6.45, 7) is 2.36. The number of amides is 2. The molecule has 0 atom stereocenters. The van der Waals surface area contributed by atoms with E-state index in [0.29, 0.717) is 28.0 Å². The third-order valence-corrected chi connectivity index (χ3v) is 4.63. The molecule has 5 nitrogen and oxygen atoms in total. The minimum absolute atomic E-state index is 0.0685. The van der Waals surface area contributed by atoms with Crippen LogP contribution in [-0.4, -0.2) is 34.8 Å². The number of aromatic nitrogens is 1. The summed E-state index contributed by atoms with van der Waals surface area (Å²) in [6, 6.07) is 14.3. The van der Waals surface area contributed by atoms with Gasteiger partial charge in [0.1, 0.15) is 12.2 Å². The van der Waals surface area contributed by atoms with E-state index >= 15 is 0 Å². The number of nitrogens with zero attached hydrogens (tertiary/aromatic N) is 1. The van der Waals surface area contributed by atoms with E-state index in [9.17, 15) is 9.59 Å². The van der Waals surface area contributed by atoms with Crippen molar-refractivity contribution in [2.75, 3.05) is 18.4 Å². The first-order valence-electron chi connectivity index (χ1n) is 8.60. The van der Waals surface area contributed by atoms with E-state index < -0.39 is 0 Å². The highest BCUT2D eigenvalue weighted by Gasteiger charge is 2.20. The van der Waals surface area contributed by atoms with E-state index in [4.69, 9.17) is 23.2 Å². The number of carbonyl (C=O) groups is 2. The van der Waals surface area contributed by atoms with E-state index in [1.807, 2.05) is 31.2 Å². The van der Waals surface area contributed by atoms with Crippen LogP contribution in [0.4, 0.5) is 5.69 Å². The highest BCUT2D eigenvalue weighted by molar-refractivity contribution is 6.36. The zero-order chi connectivity index (χ0) is 19.4. The number of hydrogen-bond acceptors (Lipinski definition) is 2. The van der Waals surface area contributed by atoms with Crippen LogP contribution in [0.1, 0.15) is 23.8 Å². The van der Waals surface area contributed by atoms with Gasteiger partial charge in [0.2, 0.25) is 5.91 Å². The molecule has 2 amide bonds. The predicted molar refractivity (Wildman–Crippen MR) is 110 cm³/mol. The Hall–Kier alpha value is -2.50. The van der Waals surface area contributed by atoms with E-state index in [0.717, 1.165) is 17.3 Å². The summed E-state index contributed by atoms with van der Waals surface area (Å²) in [6.07, 6.45) is 0.737. The molecule has 0 bridgehead atoms. The maximum absolute atomic E-state index is 12.9. The second-order valence-electron chi connectivity index (χ2n) is 6.17. The number of rotatable bonds is 6. The second-order valence-corrected chi connectivity index (χ2v) is 7.01. The molecule has 0 fully saturated rings. The first-order chi connectivity index (χ1) is 13.0. The Morgan fingerprint density at radius 1 is 1.11 bits per heavy atom. The van der Waals surface area contributed by atoms with Gasteiger partial charge in [-0.2, -0.15) is 0 Å². The lowest BCUT2D eigenvalue weighted by molar-refractivity contribution is -0.116. The standard InChI is InChI=1S/C20H19Cl2N3O2/c1-2-9-25(12-19(26)24-17-8-7-14(21)11-15(17)22)20(27)18-10-13-5-3-4-6-16(13)23-18/h3-8,10-11,23H,2,9,12H2,1H3,(H,24,26). The van der Waals surface area contributed by atoms with Crippen molar-refractivity contribution in [3.05, 3.63) is 64.3 Å². The van der Waals surface area contributed by atoms with E-state index in [2.05, 4.69) is 10.3 Å². The van der Waals surface area contributed by atoms with Crippen LogP contribution in [0.25, 0.3) is 10.9 Å². The Bertz CT molecular complexity index is 951. The lowest BCUT2D eigenvalue weighted by Gasteiger charge is -2.21. The van der Waals surface area contributed by atoms with Crippen molar-refractivity contribution in [3.63, 3.8) is 0 Å². The lowest BCUT2D eigenvalue weighted by Crippen LogP contribution is -2.38. The van der Waals surface area contributed by atoms with Gasteiger partial charge < -0.3 is 15.2 Å². The van der Waals surface area contributed by atoms with E-state index in [-0.39, 0.29) is 18.4 Å². The second kappa shape index (κ2) is 8.46. The molecule has 0 aliphatic carbocycles. The van der Waals surface area contributed by atoms with Crippen molar-refractivity contribution < 1.29 is 9.59 Å². The fraction of sp³-hybridized carbons (Fsp3) is 0.200. The fourth-order valence-electron chi connectivity index (χ4n) is 2.84. The van der Waals surface area contributed by atoms with Crippen LogP contribution in [-0.2, 0) is 4.79 Å². The van der Waals surface area contributed by atoms with Gasteiger partial charge in [0.15, 0.2) is 0 Å². The van der Waals surface area contributed by atoms with Crippen molar-refractivity contribution in [1.29, 1.82) is 0 Å². The van der Waals surface area contributed by atoms with Gasteiger partial charge in [0.05, 0.1) is 10.7 Å². The lowest BCUT2D eigenvalue weighted by atomic mass is 10.2. The first-order valence-corrected chi connectivity index (χ1v) is 9.35. The molecule has 7 heteroatoms. The molecule has 0 saturated heterocycles. The number of anilines is 1. The van der Waals surface area contributed by atoms with Crippen LogP contribution in [0.5, 0.6) is 0 Å². The van der Waals surface area contributed by atoms with Gasteiger partial charge in [-0.05, 0) is 36.8 Å². The summed E-state index contributed by atoms with van der Waals surface area (Å²) in [5.41, 5.74) is 1.80. The maximum atomic E-state index is 12.9. The normalized spacial score (nSPS) is 10.8. The zero-order valence-electron chi connectivity index (χ0n) is 14.8. The van der Waals surface area contributed by atoms with Crippen LogP contribution < -0.4 is 5.32 Å². The summed E-state index contributed by atoms with van der Waals surface area (Å²) in [7, 11) is 0. The summed E-state index contributed by atoms with van der Waals surface area (Å²) < 4.78 is 0. The van der Waals surface area contributed by atoms with Gasteiger partial charge in [-0.3, -0.25) is 9.59 Å². The number of nitrogens with one attached hydrogen (secondary N) is 2. The number of H-pyrrole nitrogens is 1. The number of para-hydroxylation sites is 1. The third kappa shape index (κ3) is 4.62. The van der Waals surface area contributed by atoms with Crippen LogP contribution in [0.2, 0.25) is 10.0 Å². The summed E-state index contributed by atoms with van der Waals surface area (Å²) in [5.74, 6) is -0.539. The van der Waals surface area contributed by atoms with Gasteiger partial charge in [0, 0.05) is 22.5 Å². The van der Waals surface area contributed by atoms with Crippen molar-refractivity contribution >= 4 is 51.6 Å². The summed E-state index contributed by atoms with van der Waals surface area (Å²) in [4.78, 5) is 29.9. The molecule has 2 aromatic carbocycles. The van der Waals surface area contributed by atoms with Gasteiger partial charge in [-0.25, -0.2) is 0 Å². The molecular formula is C20H19Cl2N3O2. The molecule has 140 valence electrons. The first kappa shape index (κ1) is 19.3. The fourth-order valence-corrected chi connectivity index (χ4v) is 3.29. The molecule has 2 N–H and O–H groups in total. The van der Waals surface area contributed by atoms with Crippen molar-refractivity contribution in [1.82, 2.24) is 9.88 Å². The SMILES string of the molecule is CCCN(CC(=O)Nc1ccc(Cl)cc1Cl)C(=O)c1cc2ccccc2[nH]1. The predicted octanol–water partition coefficient (Wildman–Crippen LogP) is 4.97. The quantitative estimate of drug-likeness (QED) is 0.610. The van der Waals surface area contributed by atoms with E-state index in [1.165, 1.54) is 4.90 Å². The molecule has 1 aromatic heterocycles. The number of benzene rings is 2. The van der Waals surface area contributed by atoms with Crippen LogP contribution in [0.3, 0.4) is 0 Å². The van der Waals surface area contributed by atoms with Gasteiger partial charge in [0.25, 0.3) is 5.91 Å². The highest BCUT2D eigenvalue weighted by Crippen LogP contribution is 2.25. The molecule has 0 aliphatic heterocycles. The average Bonchev–Trinajstić information content (AvgIpc) is 3.07. The molecule has 0 radical (unpaired) electrons. The molecule has 27 heavy (non-hydrogen) atoms. The molecule has 3 aromatic rings. The number of fused-ring (bicyclic) bond motifs is 1. The summed E-state index contributed by atoms with van der Waals surface area (Å²) in [5, 5.41) is 4.51. The van der Waals surface area contributed by atoms with Crippen molar-refractivity contribution in [3.8, 4) is 0 Å². The Kier molecular flexibility index (Phi) is 6.04. The molecule has 3 rings (SSSR count). The molecule has 0 unspecified atom stereocenters. The smallest absolute Gasteiger partial charge is 0.270 e. The highest BCUT2D eigenvalue weighted by atomic mass is 35.5. The molecular weight excluding hydrogens is 385 g/mol. The number of carbonyl (C=O) groups excluding carboxylic acids is 2. The Morgan fingerprint density at radius 2 is 1.89 bits per heavy atom. The van der Waals surface area contributed by atoms with Gasteiger partial charge in [-0.15, -0.1) is 0 Å². The molecule has 1 heterocycles. The Labute approximate surface area is 167 Å². The van der Waals surface area contributed by atoms with Crippen LogP contribution >= 0.6 is 23.2 Å². The van der Waals surface area contributed by atoms with Gasteiger partial charge in [-0.1, -0.05) is 48.3 Å². The summed E-state index contributed by atoms with van der Waals surface area (Å²) >= 11 is 12.0. The van der Waals surface area contributed by atoms with Crippen LogP contribution in [0, 0.1) is 0 Å². The van der Waals surface area contributed by atoms with Gasteiger partial charge >= 0.3 is 0 Å². The zero-order valence-corrected chi connectivity index (χ0v) is 16.3. The van der Waals surface area contributed by atoms with Crippen molar-refractivity contribution in [2.45, 2.75) is 13.3 Å². The Morgan fingerprint density at radius 3 is 2.59 bits per heavy atom. The largest absolute Gasteiger partial charge is 0.351 e. The average molecular weight is 404 g/mol. The number of aromatic amines is 1. The topological polar surface area (TPSA) is 65.2 Å². The number of hydrogen-bond donors (Lipinski definition) is 2. The maximum Gasteiger partial charge on any atom is 0.270 e. The monoisotopic (exact) mass is 403 g/mol. The Balaban J connectivity index is 1.74. The molecule has 0 spiro atoms. The number of halogens is 2. The molecule has 0 saturated carbocycles. The van der Waals surface area contributed by atoms with Crippen molar-refractivity contribution in [2.24, 2.45) is 0 Å². The third-order valence-electron chi connectivity index (χ3n) is 4.08. The van der Waals surface area contributed by atoms with Crippen LogP contribution in [0.15, 0.2) is 48.5 Å². The minimum Gasteiger partial charge on any atom is -0.351 e. The van der Waals surface area contributed by atoms with E-state index in [1.54, 1.807) is 24.3 Å². The molecule has 0 aliphatic rings.